The lowest BCUT2D eigenvalue weighted by Crippen LogP contribution is -2.40. The highest BCUT2D eigenvalue weighted by atomic mass is 35.5. The van der Waals surface area contributed by atoms with E-state index in [9.17, 15) is 9.59 Å². The zero-order valence-corrected chi connectivity index (χ0v) is 14.7. The van der Waals surface area contributed by atoms with Gasteiger partial charge in [-0.05, 0) is 43.4 Å². The van der Waals surface area contributed by atoms with E-state index in [-0.39, 0.29) is 36.8 Å². The number of rotatable bonds is 4. The molecule has 0 aromatic heterocycles. The van der Waals surface area contributed by atoms with Gasteiger partial charge >= 0.3 is 0 Å². The second-order valence-electron chi connectivity index (χ2n) is 7.45. The smallest absolute Gasteiger partial charge is 0.241 e. The molecule has 0 spiro atoms. The molecule has 3 N–H and O–H groups in total. The van der Waals surface area contributed by atoms with Crippen molar-refractivity contribution in [3.63, 3.8) is 0 Å². The number of nitrogens with one attached hydrogen (secondary N) is 1. The maximum atomic E-state index is 12.3. The van der Waals surface area contributed by atoms with Crippen LogP contribution in [0.2, 0.25) is 0 Å². The first-order valence-electron chi connectivity index (χ1n) is 8.93. The van der Waals surface area contributed by atoms with Gasteiger partial charge in [0.15, 0.2) is 0 Å². The van der Waals surface area contributed by atoms with Gasteiger partial charge in [-0.1, -0.05) is 19.3 Å². The highest BCUT2D eigenvalue weighted by molar-refractivity contribution is 5.85. The molecule has 3 fully saturated rings. The van der Waals surface area contributed by atoms with Gasteiger partial charge in [-0.15, -0.1) is 12.4 Å². The van der Waals surface area contributed by atoms with Crippen LogP contribution >= 0.6 is 12.4 Å². The standard InChI is InChI=1S/C17H29N3O2.ClH/c18-15-7-6-13-10-20(11-14(13)15)17(22)9-19-16(21)8-12-4-2-1-3-5-12;/h12-15H,1-11,18H2,(H,19,21);1H. The van der Waals surface area contributed by atoms with Crippen molar-refractivity contribution in [2.75, 3.05) is 19.6 Å². The second kappa shape index (κ2) is 8.34. The molecule has 0 aromatic rings. The van der Waals surface area contributed by atoms with Crippen LogP contribution in [0, 0.1) is 17.8 Å². The third kappa shape index (κ3) is 4.60. The van der Waals surface area contributed by atoms with Crippen LogP contribution < -0.4 is 11.1 Å². The first-order chi connectivity index (χ1) is 10.6. The van der Waals surface area contributed by atoms with Crippen molar-refractivity contribution in [1.29, 1.82) is 0 Å². The minimum atomic E-state index is 0. The van der Waals surface area contributed by atoms with Gasteiger partial charge in [-0.3, -0.25) is 9.59 Å². The van der Waals surface area contributed by atoms with Gasteiger partial charge in [0.2, 0.25) is 11.8 Å². The Morgan fingerprint density at radius 2 is 1.78 bits per heavy atom. The van der Waals surface area contributed by atoms with Crippen molar-refractivity contribution in [3.8, 4) is 0 Å². The molecular weight excluding hydrogens is 314 g/mol. The molecule has 0 radical (unpaired) electrons. The summed E-state index contributed by atoms with van der Waals surface area (Å²) in [4.78, 5) is 26.1. The minimum Gasteiger partial charge on any atom is -0.347 e. The summed E-state index contributed by atoms with van der Waals surface area (Å²) in [6.07, 6.45) is 8.93. The van der Waals surface area contributed by atoms with Crippen LogP contribution in [0.5, 0.6) is 0 Å². The van der Waals surface area contributed by atoms with Gasteiger partial charge in [0.1, 0.15) is 0 Å². The highest BCUT2D eigenvalue weighted by Crippen LogP contribution is 2.37. The molecule has 2 saturated carbocycles. The highest BCUT2D eigenvalue weighted by Gasteiger charge is 2.42. The van der Waals surface area contributed by atoms with Gasteiger partial charge in [0, 0.05) is 25.6 Å². The molecule has 2 aliphatic carbocycles. The van der Waals surface area contributed by atoms with Crippen LogP contribution in [0.3, 0.4) is 0 Å². The number of likely N-dealkylation sites (tertiary alicyclic amines) is 1. The summed E-state index contributed by atoms with van der Waals surface area (Å²) in [5.41, 5.74) is 6.10. The van der Waals surface area contributed by atoms with E-state index in [0.29, 0.717) is 24.2 Å². The fraction of sp³-hybridized carbons (Fsp3) is 0.882. The molecule has 5 nitrogen and oxygen atoms in total. The van der Waals surface area contributed by atoms with E-state index >= 15 is 0 Å². The van der Waals surface area contributed by atoms with Crippen LogP contribution in [-0.4, -0.2) is 42.4 Å². The van der Waals surface area contributed by atoms with Gasteiger partial charge in [0.05, 0.1) is 6.54 Å². The normalized spacial score (nSPS) is 30.7. The minimum absolute atomic E-state index is 0. The molecule has 132 valence electrons. The van der Waals surface area contributed by atoms with Crippen molar-refractivity contribution in [2.24, 2.45) is 23.5 Å². The largest absolute Gasteiger partial charge is 0.347 e. The fourth-order valence-corrected chi connectivity index (χ4v) is 4.52. The number of nitrogens with zero attached hydrogens (tertiary/aromatic N) is 1. The van der Waals surface area contributed by atoms with Crippen LogP contribution in [0.4, 0.5) is 0 Å². The lowest BCUT2D eigenvalue weighted by atomic mass is 9.87. The van der Waals surface area contributed by atoms with E-state index in [1.54, 1.807) is 0 Å². The van der Waals surface area contributed by atoms with Gasteiger partial charge in [-0.2, -0.15) is 0 Å². The van der Waals surface area contributed by atoms with Crippen molar-refractivity contribution >= 4 is 24.2 Å². The average Bonchev–Trinajstić information content (AvgIpc) is 3.08. The van der Waals surface area contributed by atoms with Gasteiger partial charge < -0.3 is 16.0 Å². The molecule has 2 amide bonds. The number of nitrogens with two attached hydrogens (primary N) is 1. The van der Waals surface area contributed by atoms with Crippen molar-refractivity contribution in [2.45, 2.75) is 57.4 Å². The maximum Gasteiger partial charge on any atom is 0.241 e. The Hall–Kier alpha value is -0.810. The zero-order valence-electron chi connectivity index (χ0n) is 13.8. The molecule has 3 atom stereocenters. The maximum absolute atomic E-state index is 12.3. The Bertz CT molecular complexity index is 426. The fourth-order valence-electron chi connectivity index (χ4n) is 4.52. The van der Waals surface area contributed by atoms with Gasteiger partial charge in [0.25, 0.3) is 0 Å². The number of halogens is 1. The first-order valence-corrected chi connectivity index (χ1v) is 8.93. The molecule has 0 aromatic carbocycles. The number of hydrogen-bond acceptors (Lipinski definition) is 3. The Labute approximate surface area is 145 Å². The summed E-state index contributed by atoms with van der Waals surface area (Å²) in [7, 11) is 0. The van der Waals surface area contributed by atoms with E-state index in [4.69, 9.17) is 5.73 Å². The topological polar surface area (TPSA) is 75.4 Å². The van der Waals surface area contributed by atoms with E-state index < -0.39 is 0 Å². The molecule has 23 heavy (non-hydrogen) atoms. The molecule has 3 rings (SSSR count). The third-order valence-electron chi connectivity index (χ3n) is 5.90. The lowest BCUT2D eigenvalue weighted by molar-refractivity contribution is -0.132. The number of carbonyl (C=O) groups excluding carboxylic acids is 2. The van der Waals surface area contributed by atoms with Crippen LogP contribution in [0.25, 0.3) is 0 Å². The molecular formula is C17H30ClN3O2. The molecule has 1 heterocycles. The third-order valence-corrected chi connectivity index (χ3v) is 5.90. The number of fused-ring (bicyclic) bond motifs is 1. The Kier molecular flexibility index (Phi) is 6.72. The Morgan fingerprint density at radius 3 is 2.48 bits per heavy atom. The van der Waals surface area contributed by atoms with E-state index in [0.717, 1.165) is 38.8 Å². The molecule has 1 aliphatic heterocycles. The zero-order chi connectivity index (χ0) is 15.5. The van der Waals surface area contributed by atoms with Crippen LogP contribution in [0.15, 0.2) is 0 Å². The van der Waals surface area contributed by atoms with E-state index in [2.05, 4.69) is 5.32 Å². The second-order valence-corrected chi connectivity index (χ2v) is 7.45. The Balaban J connectivity index is 0.00000192. The van der Waals surface area contributed by atoms with E-state index in [1.165, 1.54) is 19.3 Å². The first kappa shape index (κ1) is 18.5. The molecule has 1 saturated heterocycles. The summed E-state index contributed by atoms with van der Waals surface area (Å²) in [5.74, 6) is 1.67. The van der Waals surface area contributed by atoms with Crippen LogP contribution in [-0.2, 0) is 9.59 Å². The van der Waals surface area contributed by atoms with Crippen LogP contribution in [0.1, 0.15) is 51.4 Å². The van der Waals surface area contributed by atoms with Crippen molar-refractivity contribution in [1.82, 2.24) is 10.2 Å². The Morgan fingerprint density at radius 1 is 1.04 bits per heavy atom. The lowest BCUT2D eigenvalue weighted by Gasteiger charge is -2.22. The van der Waals surface area contributed by atoms with Crippen molar-refractivity contribution in [3.05, 3.63) is 0 Å². The molecule has 3 unspecified atom stereocenters. The average molecular weight is 344 g/mol. The monoisotopic (exact) mass is 343 g/mol. The summed E-state index contributed by atoms with van der Waals surface area (Å²) >= 11 is 0. The molecule has 3 aliphatic rings. The molecule has 0 bridgehead atoms. The molecule has 6 heteroatoms. The van der Waals surface area contributed by atoms with Gasteiger partial charge in [-0.25, -0.2) is 0 Å². The summed E-state index contributed by atoms with van der Waals surface area (Å²) in [6, 6.07) is 0.253. The summed E-state index contributed by atoms with van der Waals surface area (Å²) < 4.78 is 0. The number of amides is 2. The number of hydrogen-bond donors (Lipinski definition) is 2. The quantitative estimate of drug-likeness (QED) is 0.815. The van der Waals surface area contributed by atoms with Crippen molar-refractivity contribution < 1.29 is 9.59 Å². The predicted octanol–water partition coefficient (Wildman–Crippen LogP) is 1.69. The predicted molar refractivity (Wildman–Crippen MR) is 92.2 cm³/mol. The summed E-state index contributed by atoms with van der Waals surface area (Å²) in [5, 5.41) is 2.82. The SMILES string of the molecule is Cl.NC1CCC2CN(C(=O)CNC(=O)CC3CCCCC3)CC12. The summed E-state index contributed by atoms with van der Waals surface area (Å²) in [6.45, 7) is 1.76. The van der Waals surface area contributed by atoms with E-state index in [1.807, 2.05) is 4.90 Å². The number of carbonyl (C=O) groups is 2.